The zero-order chi connectivity index (χ0) is 22.4. The van der Waals surface area contributed by atoms with Gasteiger partial charge in [0.2, 0.25) is 11.7 Å². The first-order valence-corrected chi connectivity index (χ1v) is 9.19. The summed E-state index contributed by atoms with van der Waals surface area (Å²) in [6.45, 7) is 0.328. The Bertz CT molecular complexity index is 833. The number of carboxylic acid groups (broad SMARTS) is 1. The second kappa shape index (κ2) is 10.3. The lowest BCUT2D eigenvalue weighted by Gasteiger charge is -2.40. The number of para-hydroxylation sites is 1. The van der Waals surface area contributed by atoms with Gasteiger partial charge < -0.3 is 41.1 Å². The number of hydrogen-bond donors (Lipinski definition) is 7. The normalized spacial score (nSPS) is 22.7. The van der Waals surface area contributed by atoms with E-state index >= 15 is 0 Å². The van der Waals surface area contributed by atoms with Gasteiger partial charge in [-0.25, -0.2) is 9.59 Å². The van der Waals surface area contributed by atoms with Gasteiger partial charge in [0.1, 0.15) is 18.3 Å². The van der Waals surface area contributed by atoms with Gasteiger partial charge in [0.15, 0.2) is 0 Å². The molecule has 12 heteroatoms. The fourth-order valence-corrected chi connectivity index (χ4v) is 3.05. The molecule has 0 bridgehead atoms. The summed E-state index contributed by atoms with van der Waals surface area (Å²) in [6.07, 6.45) is -3.90. The lowest BCUT2D eigenvalue weighted by atomic mass is 9.92. The SMILES string of the molecule is CC(=O)N[C@H]1[C@H]([C@H](O)[C@H](O)CO)OC(C(=O)O)=C[C@@H]1NC(=O)Nc1ccccc1Cl. The van der Waals surface area contributed by atoms with Crippen molar-refractivity contribution >= 4 is 35.2 Å². The van der Waals surface area contributed by atoms with Crippen LogP contribution in [0.3, 0.4) is 0 Å². The van der Waals surface area contributed by atoms with Crippen LogP contribution in [0, 0.1) is 0 Å². The maximum atomic E-state index is 12.4. The van der Waals surface area contributed by atoms with E-state index < -0.39 is 60.7 Å². The number of nitrogens with one attached hydrogen (secondary N) is 3. The van der Waals surface area contributed by atoms with Crippen LogP contribution in [0.15, 0.2) is 36.1 Å². The third kappa shape index (κ3) is 5.83. The van der Waals surface area contributed by atoms with Crippen LogP contribution in [0.1, 0.15) is 6.92 Å². The molecule has 0 aromatic heterocycles. The number of anilines is 1. The molecule has 0 fully saturated rings. The molecule has 5 atom stereocenters. The van der Waals surface area contributed by atoms with Gasteiger partial charge in [-0.3, -0.25) is 4.79 Å². The highest BCUT2D eigenvalue weighted by Crippen LogP contribution is 2.24. The van der Waals surface area contributed by atoms with Crippen LogP contribution >= 0.6 is 11.6 Å². The molecule has 0 saturated heterocycles. The van der Waals surface area contributed by atoms with Gasteiger partial charge >= 0.3 is 12.0 Å². The lowest BCUT2D eigenvalue weighted by Crippen LogP contribution is -2.63. The highest BCUT2D eigenvalue weighted by molar-refractivity contribution is 6.33. The smallest absolute Gasteiger partial charge is 0.370 e. The summed E-state index contributed by atoms with van der Waals surface area (Å²) >= 11 is 6.00. The molecule has 1 aliphatic rings. The zero-order valence-electron chi connectivity index (χ0n) is 15.8. The molecule has 1 aliphatic heterocycles. The molecule has 30 heavy (non-hydrogen) atoms. The van der Waals surface area contributed by atoms with Crippen molar-refractivity contribution in [3.05, 3.63) is 41.1 Å². The largest absolute Gasteiger partial charge is 0.478 e. The third-order valence-corrected chi connectivity index (χ3v) is 4.58. The first-order chi connectivity index (χ1) is 14.1. The summed E-state index contributed by atoms with van der Waals surface area (Å²) < 4.78 is 5.23. The minimum Gasteiger partial charge on any atom is -0.478 e. The average Bonchev–Trinajstić information content (AvgIpc) is 2.69. The molecular weight excluding hydrogens is 422 g/mol. The van der Waals surface area contributed by atoms with Crippen LogP contribution in [0.25, 0.3) is 0 Å². The second-order valence-corrected chi connectivity index (χ2v) is 6.90. The van der Waals surface area contributed by atoms with Crippen molar-refractivity contribution in [2.75, 3.05) is 11.9 Å². The standard InChI is InChI=1S/C18H22ClN3O8/c1-8(24)20-14-11(22-18(29)21-10-5-3-2-4-9(10)19)6-13(17(27)28)30-16(14)15(26)12(25)7-23/h2-6,11-12,14-16,23,25-26H,7H2,1H3,(H,20,24)(H,27,28)(H2,21,22,29)/t11-,12+,14+,15+,16+/m0/s1. The fourth-order valence-electron chi connectivity index (χ4n) is 2.87. The van der Waals surface area contributed by atoms with Crippen molar-refractivity contribution in [3.63, 3.8) is 0 Å². The zero-order valence-corrected chi connectivity index (χ0v) is 16.5. The average molecular weight is 444 g/mol. The number of carbonyl (C=O) groups excluding carboxylic acids is 2. The number of urea groups is 1. The molecule has 11 nitrogen and oxygen atoms in total. The molecule has 2 rings (SSSR count). The first-order valence-electron chi connectivity index (χ1n) is 8.82. The maximum absolute atomic E-state index is 12.4. The predicted molar refractivity (Wildman–Crippen MR) is 105 cm³/mol. The van der Waals surface area contributed by atoms with E-state index in [1.165, 1.54) is 6.92 Å². The second-order valence-electron chi connectivity index (χ2n) is 6.49. The van der Waals surface area contributed by atoms with Gasteiger partial charge in [0.25, 0.3) is 0 Å². The van der Waals surface area contributed by atoms with Gasteiger partial charge in [-0.1, -0.05) is 23.7 Å². The minimum absolute atomic E-state index is 0.263. The number of hydrogen-bond acceptors (Lipinski definition) is 7. The summed E-state index contributed by atoms with van der Waals surface area (Å²) in [4.78, 5) is 35.5. The van der Waals surface area contributed by atoms with Gasteiger partial charge in [-0.05, 0) is 18.2 Å². The number of carboxylic acids is 1. The van der Waals surface area contributed by atoms with Crippen molar-refractivity contribution in [1.29, 1.82) is 0 Å². The van der Waals surface area contributed by atoms with E-state index in [0.29, 0.717) is 0 Å². The molecule has 0 saturated carbocycles. The number of aliphatic hydroxyl groups excluding tert-OH is 3. The monoisotopic (exact) mass is 443 g/mol. The Morgan fingerprint density at radius 2 is 1.87 bits per heavy atom. The van der Waals surface area contributed by atoms with E-state index in [0.717, 1.165) is 6.08 Å². The Balaban J connectivity index is 2.32. The molecule has 1 aromatic rings. The molecule has 3 amide bonds. The maximum Gasteiger partial charge on any atom is 0.370 e. The molecule has 164 valence electrons. The van der Waals surface area contributed by atoms with Gasteiger partial charge in [-0.2, -0.15) is 0 Å². The van der Waals surface area contributed by atoms with Crippen molar-refractivity contribution < 1.29 is 39.5 Å². The topological polar surface area (TPSA) is 177 Å². The Morgan fingerprint density at radius 1 is 1.20 bits per heavy atom. The van der Waals surface area contributed by atoms with Gasteiger partial charge in [-0.15, -0.1) is 0 Å². The quantitative estimate of drug-likeness (QED) is 0.292. The summed E-state index contributed by atoms with van der Waals surface area (Å²) in [5, 5.41) is 46.2. The lowest BCUT2D eigenvalue weighted by molar-refractivity contribution is -0.146. The Labute approximate surface area is 176 Å². The molecule has 0 unspecified atom stereocenters. The van der Waals surface area contributed by atoms with Crippen LogP contribution in [-0.4, -0.2) is 75.3 Å². The molecule has 1 heterocycles. The van der Waals surface area contributed by atoms with Crippen LogP contribution in [0.2, 0.25) is 5.02 Å². The number of rotatable bonds is 7. The van der Waals surface area contributed by atoms with E-state index in [1.807, 2.05) is 0 Å². The summed E-state index contributed by atoms with van der Waals surface area (Å²) in [6, 6.07) is 3.30. The van der Waals surface area contributed by atoms with Gasteiger partial charge in [0, 0.05) is 6.92 Å². The van der Waals surface area contributed by atoms with E-state index in [-0.39, 0.29) is 10.7 Å². The highest BCUT2D eigenvalue weighted by Gasteiger charge is 2.44. The van der Waals surface area contributed by atoms with Crippen molar-refractivity contribution in [3.8, 4) is 0 Å². The van der Waals surface area contributed by atoms with Crippen LogP contribution < -0.4 is 16.0 Å². The van der Waals surface area contributed by atoms with Crippen LogP contribution in [0.4, 0.5) is 10.5 Å². The van der Waals surface area contributed by atoms with E-state index in [4.69, 9.17) is 21.4 Å². The number of ether oxygens (including phenoxy) is 1. The Morgan fingerprint density at radius 3 is 2.43 bits per heavy atom. The summed E-state index contributed by atoms with van der Waals surface area (Å²) in [5.41, 5.74) is 0.287. The van der Waals surface area contributed by atoms with Crippen molar-refractivity contribution in [2.45, 2.75) is 37.3 Å². The summed E-state index contributed by atoms with van der Waals surface area (Å²) in [5.74, 6) is -2.68. The number of amides is 3. The number of aliphatic carboxylic acids is 1. The first kappa shape index (κ1) is 23.4. The molecular formula is C18H22ClN3O8. The van der Waals surface area contributed by atoms with Crippen LogP contribution in [-0.2, 0) is 14.3 Å². The van der Waals surface area contributed by atoms with Gasteiger partial charge in [0.05, 0.1) is 29.4 Å². The number of aliphatic hydroxyl groups is 3. The summed E-state index contributed by atoms with van der Waals surface area (Å²) in [7, 11) is 0. The van der Waals surface area contributed by atoms with Crippen LogP contribution in [0.5, 0.6) is 0 Å². The third-order valence-electron chi connectivity index (χ3n) is 4.25. The molecule has 1 aromatic carbocycles. The Kier molecular flexibility index (Phi) is 8.00. The van der Waals surface area contributed by atoms with Crippen molar-refractivity contribution in [2.24, 2.45) is 0 Å². The molecule has 0 aliphatic carbocycles. The molecule has 0 radical (unpaired) electrons. The van der Waals surface area contributed by atoms with E-state index in [2.05, 4.69) is 16.0 Å². The Hall–Kier alpha value is -2.86. The van der Waals surface area contributed by atoms with Crippen molar-refractivity contribution in [1.82, 2.24) is 10.6 Å². The fraction of sp³-hybridized carbons (Fsp3) is 0.389. The number of carbonyl (C=O) groups is 3. The number of halogens is 1. The molecule has 0 spiro atoms. The predicted octanol–water partition coefficient (Wildman–Crippen LogP) is -0.584. The number of benzene rings is 1. The minimum atomic E-state index is -1.77. The molecule has 7 N–H and O–H groups in total. The van der Waals surface area contributed by atoms with E-state index in [1.54, 1.807) is 24.3 Å². The highest BCUT2D eigenvalue weighted by atomic mass is 35.5. The van der Waals surface area contributed by atoms with E-state index in [9.17, 15) is 29.7 Å².